The van der Waals surface area contributed by atoms with Crippen molar-refractivity contribution in [3.05, 3.63) is 23.0 Å². The summed E-state index contributed by atoms with van der Waals surface area (Å²) in [6, 6.07) is 2.43. The van der Waals surface area contributed by atoms with Crippen LogP contribution in [0.1, 0.15) is 6.92 Å². The molecule has 0 saturated heterocycles. The molecule has 1 aromatic rings. The normalized spacial score (nSPS) is 14.6. The predicted octanol–water partition coefficient (Wildman–Crippen LogP) is 1.22. The number of nitrogen functional groups attached to an aromatic ring is 1. The van der Waals surface area contributed by atoms with Gasteiger partial charge in [0.25, 0.3) is 0 Å². The zero-order chi connectivity index (χ0) is 12.3. The second-order valence-electron chi connectivity index (χ2n) is 3.86. The van der Waals surface area contributed by atoms with E-state index in [1.54, 1.807) is 0 Å². The first kappa shape index (κ1) is 13.0. The molecule has 0 fully saturated rings. The number of anilines is 2. The van der Waals surface area contributed by atoms with Gasteiger partial charge in [0.2, 0.25) is 0 Å². The number of nitrogens with one attached hydrogen (secondary N) is 1. The Kier molecular flexibility index (Phi) is 3.96. The van der Waals surface area contributed by atoms with Crippen molar-refractivity contribution in [2.75, 3.05) is 24.2 Å². The first-order valence-corrected chi connectivity index (χ1v) is 5.05. The van der Waals surface area contributed by atoms with E-state index in [0.29, 0.717) is 5.69 Å². The molecule has 0 aliphatic rings. The van der Waals surface area contributed by atoms with Crippen LogP contribution < -0.4 is 11.1 Å². The molecule has 16 heavy (non-hydrogen) atoms. The van der Waals surface area contributed by atoms with E-state index in [9.17, 15) is 9.50 Å². The molecule has 1 atom stereocenters. The highest BCUT2D eigenvalue weighted by molar-refractivity contribution is 6.31. The minimum Gasteiger partial charge on any atom is -0.397 e. The smallest absolute Gasteiger partial charge is 0.143 e. The maximum Gasteiger partial charge on any atom is 0.143 e. The summed E-state index contributed by atoms with van der Waals surface area (Å²) in [5.74, 6) is -0.598. The number of halogens is 2. The summed E-state index contributed by atoms with van der Waals surface area (Å²) in [4.78, 5) is 0. The predicted molar refractivity (Wildman–Crippen MR) is 62.0 cm³/mol. The number of aliphatic hydroxyl groups is 2. The van der Waals surface area contributed by atoms with E-state index in [2.05, 4.69) is 5.32 Å². The lowest BCUT2D eigenvalue weighted by atomic mass is 10.1. The van der Waals surface area contributed by atoms with Gasteiger partial charge in [0.15, 0.2) is 0 Å². The topological polar surface area (TPSA) is 78.5 Å². The van der Waals surface area contributed by atoms with E-state index in [0.717, 1.165) is 6.07 Å². The van der Waals surface area contributed by atoms with E-state index in [1.807, 2.05) is 0 Å². The fraction of sp³-hybridized carbons (Fsp3) is 0.400. The molecule has 0 amide bonds. The van der Waals surface area contributed by atoms with Crippen LogP contribution in [0.4, 0.5) is 15.8 Å². The molecule has 0 aliphatic carbocycles. The molecule has 0 bridgehead atoms. The van der Waals surface area contributed by atoms with Crippen LogP contribution in [0.25, 0.3) is 0 Å². The van der Waals surface area contributed by atoms with Crippen molar-refractivity contribution in [2.24, 2.45) is 0 Å². The van der Waals surface area contributed by atoms with Crippen LogP contribution in [0.15, 0.2) is 12.1 Å². The van der Waals surface area contributed by atoms with Crippen molar-refractivity contribution in [1.82, 2.24) is 0 Å². The average molecular weight is 249 g/mol. The van der Waals surface area contributed by atoms with Gasteiger partial charge in [-0.1, -0.05) is 11.6 Å². The highest BCUT2D eigenvalue weighted by atomic mass is 35.5. The Bertz CT molecular complexity index is 385. The number of aliphatic hydroxyl groups excluding tert-OH is 1. The monoisotopic (exact) mass is 248 g/mol. The van der Waals surface area contributed by atoms with Crippen molar-refractivity contribution < 1.29 is 14.6 Å². The third kappa shape index (κ3) is 3.23. The number of hydrogen-bond acceptors (Lipinski definition) is 4. The molecular weight excluding hydrogens is 235 g/mol. The zero-order valence-corrected chi connectivity index (χ0v) is 9.55. The molecule has 0 saturated carbocycles. The van der Waals surface area contributed by atoms with Crippen molar-refractivity contribution in [1.29, 1.82) is 0 Å². The van der Waals surface area contributed by atoms with Gasteiger partial charge in [0.1, 0.15) is 11.4 Å². The first-order valence-electron chi connectivity index (χ1n) is 4.67. The molecule has 6 heteroatoms. The molecule has 1 aromatic carbocycles. The molecule has 0 aliphatic heterocycles. The SMILES string of the molecule is CC(O)(CO)CNc1cc(Cl)c(F)cc1N. The third-order valence-electron chi connectivity index (χ3n) is 2.09. The van der Waals surface area contributed by atoms with Gasteiger partial charge in [-0.3, -0.25) is 0 Å². The van der Waals surface area contributed by atoms with Crippen LogP contribution in [0.5, 0.6) is 0 Å². The molecule has 5 N–H and O–H groups in total. The van der Waals surface area contributed by atoms with Crippen LogP contribution in [0.2, 0.25) is 5.02 Å². The number of nitrogens with two attached hydrogens (primary N) is 1. The minimum absolute atomic E-state index is 0.0552. The largest absolute Gasteiger partial charge is 0.397 e. The maximum absolute atomic E-state index is 13.0. The van der Waals surface area contributed by atoms with Gasteiger partial charge in [-0.05, 0) is 13.0 Å². The lowest BCUT2D eigenvalue weighted by Gasteiger charge is -2.22. The van der Waals surface area contributed by atoms with E-state index < -0.39 is 18.0 Å². The summed E-state index contributed by atoms with van der Waals surface area (Å²) in [6.07, 6.45) is 0. The molecule has 1 unspecified atom stereocenters. The molecule has 0 aromatic heterocycles. The van der Waals surface area contributed by atoms with Crippen LogP contribution in [-0.2, 0) is 0 Å². The van der Waals surface area contributed by atoms with Gasteiger partial charge in [0, 0.05) is 12.6 Å². The van der Waals surface area contributed by atoms with Crippen LogP contribution >= 0.6 is 11.6 Å². The Morgan fingerprint density at radius 2 is 2.19 bits per heavy atom. The van der Waals surface area contributed by atoms with Crippen molar-refractivity contribution in [3.63, 3.8) is 0 Å². The molecule has 4 nitrogen and oxygen atoms in total. The Hall–Kier alpha value is -1.04. The molecular formula is C10H14ClFN2O2. The second kappa shape index (κ2) is 4.86. The fourth-order valence-corrected chi connectivity index (χ4v) is 1.22. The summed E-state index contributed by atoms with van der Waals surface area (Å²) in [6.45, 7) is 1.14. The van der Waals surface area contributed by atoms with Gasteiger partial charge in [-0.25, -0.2) is 4.39 Å². The fourth-order valence-electron chi connectivity index (χ4n) is 1.06. The van der Waals surface area contributed by atoms with Gasteiger partial charge in [0.05, 0.1) is 23.0 Å². The zero-order valence-electron chi connectivity index (χ0n) is 8.80. The lowest BCUT2D eigenvalue weighted by Crippen LogP contribution is -2.37. The Morgan fingerprint density at radius 3 is 2.75 bits per heavy atom. The van der Waals surface area contributed by atoms with Gasteiger partial charge >= 0.3 is 0 Å². The van der Waals surface area contributed by atoms with Crippen LogP contribution in [0.3, 0.4) is 0 Å². The van der Waals surface area contributed by atoms with Crippen molar-refractivity contribution in [3.8, 4) is 0 Å². The standard InChI is InChI=1S/C10H14ClFN2O2/c1-10(16,5-15)4-14-9-2-6(11)7(12)3-8(9)13/h2-3,14-16H,4-5,13H2,1H3. The van der Waals surface area contributed by atoms with Crippen molar-refractivity contribution >= 4 is 23.0 Å². The lowest BCUT2D eigenvalue weighted by molar-refractivity contribution is 0.0132. The summed E-state index contributed by atoms with van der Waals surface area (Å²) in [5, 5.41) is 21.1. The van der Waals surface area contributed by atoms with Crippen LogP contribution in [0, 0.1) is 5.82 Å². The van der Waals surface area contributed by atoms with Gasteiger partial charge in [-0.2, -0.15) is 0 Å². The Balaban J connectivity index is 2.79. The number of benzene rings is 1. The maximum atomic E-state index is 13.0. The molecule has 0 heterocycles. The van der Waals surface area contributed by atoms with E-state index in [-0.39, 0.29) is 17.3 Å². The number of rotatable bonds is 4. The highest BCUT2D eigenvalue weighted by Gasteiger charge is 2.19. The molecule has 0 spiro atoms. The van der Waals surface area contributed by atoms with Gasteiger partial charge in [-0.15, -0.1) is 0 Å². The molecule has 1 rings (SSSR count). The summed E-state index contributed by atoms with van der Waals surface area (Å²) in [5.41, 5.74) is 4.89. The number of hydrogen-bond donors (Lipinski definition) is 4. The van der Waals surface area contributed by atoms with E-state index in [4.69, 9.17) is 22.4 Å². The molecule has 0 radical (unpaired) electrons. The quantitative estimate of drug-likeness (QED) is 0.604. The second-order valence-corrected chi connectivity index (χ2v) is 4.27. The Labute approximate surface area is 97.8 Å². The highest BCUT2D eigenvalue weighted by Crippen LogP contribution is 2.26. The molecule has 90 valence electrons. The summed E-state index contributed by atoms with van der Waals surface area (Å²) in [7, 11) is 0. The Morgan fingerprint density at radius 1 is 1.56 bits per heavy atom. The van der Waals surface area contributed by atoms with Crippen molar-refractivity contribution in [2.45, 2.75) is 12.5 Å². The van der Waals surface area contributed by atoms with Gasteiger partial charge < -0.3 is 21.3 Å². The van der Waals surface area contributed by atoms with Crippen LogP contribution in [-0.4, -0.2) is 29.0 Å². The first-order chi connectivity index (χ1) is 7.35. The van der Waals surface area contributed by atoms with E-state index in [1.165, 1.54) is 13.0 Å². The summed E-state index contributed by atoms with van der Waals surface area (Å²) < 4.78 is 13.0. The average Bonchev–Trinajstić information content (AvgIpc) is 2.22. The van der Waals surface area contributed by atoms with E-state index >= 15 is 0 Å². The summed E-state index contributed by atoms with van der Waals surface area (Å²) >= 11 is 5.59. The minimum atomic E-state index is -1.27. The third-order valence-corrected chi connectivity index (χ3v) is 2.38.